The van der Waals surface area contributed by atoms with Crippen molar-refractivity contribution < 1.29 is 14.3 Å². The summed E-state index contributed by atoms with van der Waals surface area (Å²) in [7, 11) is 5.47. The molecule has 6 heteroatoms. The Balaban J connectivity index is 1.84. The molecule has 6 nitrogen and oxygen atoms in total. The Labute approximate surface area is 163 Å². The molecule has 1 saturated heterocycles. The molecule has 1 atom stereocenters. The summed E-state index contributed by atoms with van der Waals surface area (Å²) in [5.74, 6) is 1.52. The van der Waals surface area contributed by atoms with E-state index >= 15 is 0 Å². The number of benzene rings is 1. The fourth-order valence-electron chi connectivity index (χ4n) is 3.51. The van der Waals surface area contributed by atoms with Crippen LogP contribution in [-0.4, -0.2) is 69.3 Å². The molecule has 1 fully saturated rings. The van der Waals surface area contributed by atoms with Gasteiger partial charge >= 0.3 is 6.03 Å². The molecule has 2 rings (SSSR count). The van der Waals surface area contributed by atoms with Crippen LogP contribution in [0.25, 0.3) is 0 Å². The van der Waals surface area contributed by atoms with E-state index in [1.54, 1.807) is 14.2 Å². The highest BCUT2D eigenvalue weighted by Gasteiger charge is 2.25. The number of carbonyl (C=O) groups is 1. The van der Waals surface area contributed by atoms with Crippen molar-refractivity contribution in [3.8, 4) is 11.5 Å². The van der Waals surface area contributed by atoms with Crippen LogP contribution >= 0.6 is 0 Å². The van der Waals surface area contributed by atoms with Crippen LogP contribution in [0.2, 0.25) is 0 Å². The van der Waals surface area contributed by atoms with Crippen molar-refractivity contribution in [2.75, 3.05) is 47.4 Å². The predicted octanol–water partition coefficient (Wildman–Crippen LogP) is 3.15. The number of hydrogen-bond acceptors (Lipinski definition) is 4. The molecule has 0 unspecified atom stereocenters. The molecular weight excluding hydrogens is 342 g/mol. The van der Waals surface area contributed by atoms with E-state index in [1.807, 2.05) is 17.0 Å². The standard InChI is InChI=1S/C21H35N3O3/c1-5-6-12-22-21(25)24-13-7-8-18(16-24)23(2)14-11-17-9-10-19(26-3)20(15-17)27-4/h9-10,15,18H,5-8,11-14,16H2,1-4H3,(H,22,25)/t18-/m0/s1. The van der Waals surface area contributed by atoms with Gasteiger partial charge in [-0.2, -0.15) is 0 Å². The van der Waals surface area contributed by atoms with Crippen LogP contribution in [0.15, 0.2) is 18.2 Å². The van der Waals surface area contributed by atoms with Gasteiger partial charge in [-0.15, -0.1) is 0 Å². The lowest BCUT2D eigenvalue weighted by Gasteiger charge is -2.37. The second kappa shape index (κ2) is 11.0. The molecule has 0 radical (unpaired) electrons. The number of rotatable bonds is 9. The number of amides is 2. The summed E-state index contributed by atoms with van der Waals surface area (Å²) in [6, 6.07) is 6.58. The van der Waals surface area contributed by atoms with Crippen molar-refractivity contribution in [3.63, 3.8) is 0 Å². The fraction of sp³-hybridized carbons (Fsp3) is 0.667. The summed E-state index contributed by atoms with van der Waals surface area (Å²) in [6.07, 6.45) is 5.28. The largest absolute Gasteiger partial charge is 0.493 e. The number of methoxy groups -OCH3 is 2. The van der Waals surface area contributed by atoms with Crippen LogP contribution in [0.4, 0.5) is 4.79 Å². The quantitative estimate of drug-likeness (QED) is 0.672. The molecule has 152 valence electrons. The molecule has 0 saturated carbocycles. The molecular formula is C21H35N3O3. The molecule has 1 heterocycles. The SMILES string of the molecule is CCCCNC(=O)N1CCC[C@H](N(C)CCc2ccc(OC)c(OC)c2)C1. The van der Waals surface area contributed by atoms with Crippen LogP contribution in [0.3, 0.4) is 0 Å². The molecule has 0 aliphatic carbocycles. The predicted molar refractivity (Wildman–Crippen MR) is 109 cm³/mol. The molecule has 1 aromatic rings. The highest BCUT2D eigenvalue weighted by Crippen LogP contribution is 2.27. The van der Waals surface area contributed by atoms with E-state index in [9.17, 15) is 4.79 Å². The number of unbranched alkanes of at least 4 members (excludes halogenated alkanes) is 1. The lowest BCUT2D eigenvalue weighted by Crippen LogP contribution is -2.51. The van der Waals surface area contributed by atoms with Crippen LogP contribution in [0.5, 0.6) is 11.5 Å². The lowest BCUT2D eigenvalue weighted by molar-refractivity contribution is 0.127. The highest BCUT2D eigenvalue weighted by atomic mass is 16.5. The number of ether oxygens (including phenoxy) is 2. The fourth-order valence-corrected chi connectivity index (χ4v) is 3.51. The van der Waals surface area contributed by atoms with Crippen molar-refractivity contribution in [1.82, 2.24) is 15.1 Å². The maximum atomic E-state index is 12.3. The number of carbonyl (C=O) groups excluding carboxylic acids is 1. The van der Waals surface area contributed by atoms with Gasteiger partial charge in [-0.3, -0.25) is 0 Å². The molecule has 1 aliphatic heterocycles. The minimum Gasteiger partial charge on any atom is -0.493 e. The van der Waals surface area contributed by atoms with Gasteiger partial charge in [0.1, 0.15) is 0 Å². The van der Waals surface area contributed by atoms with Crippen molar-refractivity contribution in [2.45, 2.75) is 45.1 Å². The normalized spacial score (nSPS) is 17.1. The summed E-state index contributed by atoms with van der Waals surface area (Å²) < 4.78 is 10.7. The number of piperidine rings is 1. The van der Waals surface area contributed by atoms with Crippen molar-refractivity contribution in [3.05, 3.63) is 23.8 Å². The van der Waals surface area contributed by atoms with E-state index in [1.165, 1.54) is 5.56 Å². The van der Waals surface area contributed by atoms with Gasteiger partial charge in [0.05, 0.1) is 14.2 Å². The Morgan fingerprint density at radius 3 is 2.78 bits per heavy atom. The number of likely N-dealkylation sites (tertiary alicyclic amines) is 1. The van der Waals surface area contributed by atoms with Gasteiger partial charge < -0.3 is 24.6 Å². The molecule has 27 heavy (non-hydrogen) atoms. The second-order valence-electron chi connectivity index (χ2n) is 7.25. The molecule has 0 spiro atoms. The average molecular weight is 378 g/mol. The zero-order chi connectivity index (χ0) is 19.6. The number of hydrogen-bond donors (Lipinski definition) is 1. The summed E-state index contributed by atoms with van der Waals surface area (Å²) in [4.78, 5) is 16.7. The summed E-state index contributed by atoms with van der Waals surface area (Å²) in [5.41, 5.74) is 1.23. The van der Waals surface area contributed by atoms with E-state index in [0.717, 1.165) is 69.8 Å². The van der Waals surface area contributed by atoms with E-state index in [4.69, 9.17) is 9.47 Å². The highest BCUT2D eigenvalue weighted by molar-refractivity contribution is 5.74. The summed E-state index contributed by atoms with van der Waals surface area (Å²) in [6.45, 7) is 5.52. The van der Waals surface area contributed by atoms with E-state index < -0.39 is 0 Å². The van der Waals surface area contributed by atoms with Crippen molar-refractivity contribution >= 4 is 6.03 Å². The summed E-state index contributed by atoms with van der Waals surface area (Å²) in [5, 5.41) is 3.04. The Kier molecular flexibility index (Phi) is 8.72. The van der Waals surface area contributed by atoms with Crippen LogP contribution in [0.1, 0.15) is 38.2 Å². The first-order valence-corrected chi connectivity index (χ1v) is 10.0. The lowest BCUT2D eigenvalue weighted by atomic mass is 10.0. The van der Waals surface area contributed by atoms with Gasteiger partial charge in [0.15, 0.2) is 11.5 Å². The number of urea groups is 1. The number of nitrogens with one attached hydrogen (secondary N) is 1. The molecule has 0 aromatic heterocycles. The van der Waals surface area contributed by atoms with Crippen LogP contribution < -0.4 is 14.8 Å². The maximum absolute atomic E-state index is 12.3. The van der Waals surface area contributed by atoms with Gasteiger partial charge in [0, 0.05) is 32.2 Å². The van der Waals surface area contributed by atoms with Gasteiger partial charge in [0.25, 0.3) is 0 Å². The van der Waals surface area contributed by atoms with Crippen LogP contribution in [0, 0.1) is 0 Å². The zero-order valence-electron chi connectivity index (χ0n) is 17.3. The third-order valence-electron chi connectivity index (χ3n) is 5.31. The topological polar surface area (TPSA) is 54.0 Å². The molecule has 1 aliphatic rings. The minimum absolute atomic E-state index is 0.0847. The van der Waals surface area contributed by atoms with Crippen molar-refractivity contribution in [1.29, 1.82) is 0 Å². The Morgan fingerprint density at radius 1 is 1.30 bits per heavy atom. The third-order valence-corrected chi connectivity index (χ3v) is 5.31. The Morgan fingerprint density at radius 2 is 2.07 bits per heavy atom. The van der Waals surface area contributed by atoms with E-state index in [2.05, 4.69) is 30.3 Å². The van der Waals surface area contributed by atoms with Gasteiger partial charge in [-0.25, -0.2) is 4.79 Å². The molecule has 0 bridgehead atoms. The Bertz CT molecular complexity index is 594. The first-order chi connectivity index (χ1) is 13.1. The number of nitrogens with zero attached hydrogens (tertiary/aromatic N) is 2. The third kappa shape index (κ3) is 6.31. The molecule has 1 N–H and O–H groups in total. The Hall–Kier alpha value is -1.95. The first kappa shape index (κ1) is 21.4. The van der Waals surface area contributed by atoms with Gasteiger partial charge in [-0.1, -0.05) is 19.4 Å². The minimum atomic E-state index is 0.0847. The van der Waals surface area contributed by atoms with Crippen LogP contribution in [-0.2, 0) is 6.42 Å². The van der Waals surface area contributed by atoms with E-state index in [0.29, 0.717) is 6.04 Å². The maximum Gasteiger partial charge on any atom is 0.317 e. The van der Waals surface area contributed by atoms with Crippen molar-refractivity contribution in [2.24, 2.45) is 0 Å². The first-order valence-electron chi connectivity index (χ1n) is 10.0. The number of likely N-dealkylation sites (N-methyl/N-ethyl adjacent to an activating group) is 1. The molecule has 1 aromatic carbocycles. The monoisotopic (exact) mass is 377 g/mol. The smallest absolute Gasteiger partial charge is 0.317 e. The second-order valence-corrected chi connectivity index (χ2v) is 7.25. The molecule has 2 amide bonds. The van der Waals surface area contributed by atoms with Gasteiger partial charge in [0.2, 0.25) is 0 Å². The van der Waals surface area contributed by atoms with Gasteiger partial charge in [-0.05, 0) is 50.4 Å². The van der Waals surface area contributed by atoms with E-state index in [-0.39, 0.29) is 6.03 Å². The average Bonchev–Trinajstić information content (AvgIpc) is 2.71. The zero-order valence-corrected chi connectivity index (χ0v) is 17.3. The summed E-state index contributed by atoms with van der Waals surface area (Å²) >= 11 is 0.